The molecule has 0 radical (unpaired) electrons. The molecule has 1 atom stereocenters. The number of halogens is 3. The van der Waals surface area contributed by atoms with Crippen LogP contribution in [0.5, 0.6) is 0 Å². The Morgan fingerprint density at radius 1 is 1.44 bits per heavy atom. The molecule has 0 aliphatic carbocycles. The lowest BCUT2D eigenvalue weighted by molar-refractivity contribution is -0.159. The number of aromatic nitrogens is 2. The van der Waals surface area contributed by atoms with Gasteiger partial charge in [0.2, 0.25) is 0 Å². The van der Waals surface area contributed by atoms with Crippen LogP contribution in [-0.4, -0.2) is 22.3 Å². The highest BCUT2D eigenvalue weighted by Gasteiger charge is 2.42. The number of hydrogen-bond acceptors (Lipinski definition) is 2. The fraction of sp³-hybridized carbons (Fsp3) is 0.700. The lowest BCUT2D eigenvalue weighted by atomic mass is 10.2. The van der Waals surface area contributed by atoms with Crippen LogP contribution >= 0.6 is 0 Å². The summed E-state index contributed by atoms with van der Waals surface area (Å²) in [5, 5.41) is 2.43. The number of nitrogens with zero attached hydrogens (tertiary/aromatic N) is 2. The van der Waals surface area contributed by atoms with Crippen LogP contribution in [0.3, 0.4) is 0 Å². The van der Waals surface area contributed by atoms with Gasteiger partial charge in [-0.05, 0) is 20.4 Å². The van der Waals surface area contributed by atoms with Gasteiger partial charge < -0.3 is 9.88 Å². The highest BCUT2D eigenvalue weighted by Crippen LogP contribution is 2.33. The molecule has 0 aliphatic heterocycles. The maximum Gasteiger partial charge on any atom is 0.409 e. The SMILES string of the molecule is CCNC(c1cncn1C(C)C)C(F)(F)F. The summed E-state index contributed by atoms with van der Waals surface area (Å²) in [5.74, 6) is 0. The van der Waals surface area contributed by atoms with Crippen molar-refractivity contribution in [2.75, 3.05) is 6.54 Å². The first kappa shape index (κ1) is 13.0. The van der Waals surface area contributed by atoms with Gasteiger partial charge in [-0.15, -0.1) is 0 Å². The Hall–Kier alpha value is -1.04. The average Bonchev–Trinajstić information content (AvgIpc) is 2.60. The average molecular weight is 235 g/mol. The van der Waals surface area contributed by atoms with Gasteiger partial charge in [0.05, 0.1) is 18.2 Å². The van der Waals surface area contributed by atoms with E-state index in [0.717, 1.165) is 0 Å². The van der Waals surface area contributed by atoms with Crippen LogP contribution in [0.25, 0.3) is 0 Å². The minimum Gasteiger partial charge on any atom is -0.330 e. The summed E-state index contributed by atoms with van der Waals surface area (Å²) in [6.07, 6.45) is -1.61. The van der Waals surface area contributed by atoms with Gasteiger partial charge in [0, 0.05) is 6.04 Å². The molecule has 0 spiro atoms. The van der Waals surface area contributed by atoms with E-state index < -0.39 is 12.2 Å². The summed E-state index contributed by atoms with van der Waals surface area (Å²) < 4.78 is 40.0. The molecule has 92 valence electrons. The van der Waals surface area contributed by atoms with Crippen LogP contribution in [0.4, 0.5) is 13.2 Å². The number of nitrogens with one attached hydrogen (secondary N) is 1. The quantitative estimate of drug-likeness (QED) is 0.869. The second-order valence-corrected chi connectivity index (χ2v) is 3.85. The Kier molecular flexibility index (Phi) is 3.96. The molecule has 0 fully saturated rings. The molecule has 1 heterocycles. The van der Waals surface area contributed by atoms with Gasteiger partial charge in [-0.1, -0.05) is 6.92 Å². The van der Waals surface area contributed by atoms with Crippen LogP contribution in [0.2, 0.25) is 0 Å². The van der Waals surface area contributed by atoms with Gasteiger partial charge in [-0.25, -0.2) is 4.98 Å². The maximum absolute atomic E-state index is 12.8. The first-order chi connectivity index (χ1) is 7.38. The van der Waals surface area contributed by atoms with Crippen LogP contribution in [-0.2, 0) is 0 Å². The fourth-order valence-corrected chi connectivity index (χ4v) is 1.56. The molecule has 1 unspecified atom stereocenters. The number of alkyl halides is 3. The van der Waals surface area contributed by atoms with Gasteiger partial charge in [0.1, 0.15) is 6.04 Å². The van der Waals surface area contributed by atoms with E-state index in [4.69, 9.17) is 0 Å². The Balaban J connectivity index is 3.06. The van der Waals surface area contributed by atoms with Crippen molar-refractivity contribution in [2.45, 2.75) is 39.0 Å². The predicted molar refractivity (Wildman–Crippen MR) is 55.1 cm³/mol. The van der Waals surface area contributed by atoms with Crippen molar-refractivity contribution in [3.05, 3.63) is 18.2 Å². The van der Waals surface area contributed by atoms with Crippen LogP contribution in [0, 0.1) is 0 Å². The summed E-state index contributed by atoms with van der Waals surface area (Å²) >= 11 is 0. The van der Waals surface area contributed by atoms with Crippen LogP contribution < -0.4 is 5.32 Å². The Morgan fingerprint density at radius 2 is 2.06 bits per heavy atom. The molecule has 1 aromatic heterocycles. The van der Waals surface area contributed by atoms with E-state index in [2.05, 4.69) is 10.3 Å². The monoisotopic (exact) mass is 235 g/mol. The standard InChI is InChI=1S/C10H16F3N3/c1-4-15-9(10(11,12)13)8-5-14-6-16(8)7(2)3/h5-7,9,15H,4H2,1-3H3. The molecule has 0 saturated heterocycles. The highest BCUT2D eigenvalue weighted by atomic mass is 19.4. The predicted octanol–water partition coefficient (Wildman–Crippen LogP) is 2.68. The molecule has 1 aromatic rings. The lowest BCUT2D eigenvalue weighted by Crippen LogP contribution is -2.35. The Morgan fingerprint density at radius 3 is 2.50 bits per heavy atom. The molecule has 16 heavy (non-hydrogen) atoms. The molecule has 0 bridgehead atoms. The van der Waals surface area contributed by atoms with Gasteiger partial charge in [0.25, 0.3) is 0 Å². The van der Waals surface area contributed by atoms with Gasteiger partial charge >= 0.3 is 6.18 Å². The van der Waals surface area contributed by atoms with E-state index in [0.29, 0.717) is 0 Å². The van der Waals surface area contributed by atoms with E-state index in [1.54, 1.807) is 6.92 Å². The van der Waals surface area contributed by atoms with Crippen molar-refractivity contribution in [1.29, 1.82) is 0 Å². The third kappa shape index (κ3) is 2.75. The van der Waals surface area contributed by atoms with Crippen LogP contribution in [0.15, 0.2) is 12.5 Å². The van der Waals surface area contributed by atoms with Gasteiger partial charge in [-0.2, -0.15) is 13.2 Å². The Labute approximate surface area is 92.7 Å². The number of rotatable bonds is 4. The maximum atomic E-state index is 12.8. The second-order valence-electron chi connectivity index (χ2n) is 3.85. The summed E-state index contributed by atoms with van der Waals surface area (Å²) in [4.78, 5) is 3.78. The van der Waals surface area contributed by atoms with Crippen molar-refractivity contribution in [3.63, 3.8) is 0 Å². The first-order valence-corrected chi connectivity index (χ1v) is 5.19. The first-order valence-electron chi connectivity index (χ1n) is 5.19. The summed E-state index contributed by atoms with van der Waals surface area (Å²) in [6, 6.07) is -1.69. The van der Waals surface area contributed by atoms with Gasteiger partial charge in [0.15, 0.2) is 0 Å². The molecule has 0 saturated carbocycles. The second kappa shape index (κ2) is 4.86. The van der Waals surface area contributed by atoms with E-state index in [-0.39, 0.29) is 18.3 Å². The minimum absolute atomic E-state index is 0.0407. The summed E-state index contributed by atoms with van der Waals surface area (Å²) in [6.45, 7) is 5.55. The van der Waals surface area contributed by atoms with E-state index in [1.807, 2.05) is 13.8 Å². The van der Waals surface area contributed by atoms with Crippen molar-refractivity contribution >= 4 is 0 Å². The smallest absolute Gasteiger partial charge is 0.330 e. The molecular formula is C10H16F3N3. The summed E-state index contributed by atoms with van der Waals surface area (Å²) in [5.41, 5.74) is 0.157. The topological polar surface area (TPSA) is 29.9 Å². The zero-order valence-electron chi connectivity index (χ0n) is 9.54. The van der Waals surface area contributed by atoms with Gasteiger partial charge in [-0.3, -0.25) is 0 Å². The van der Waals surface area contributed by atoms with E-state index >= 15 is 0 Å². The highest BCUT2D eigenvalue weighted by molar-refractivity contribution is 5.09. The minimum atomic E-state index is -4.30. The fourth-order valence-electron chi connectivity index (χ4n) is 1.56. The Bertz CT molecular complexity index is 330. The van der Waals surface area contributed by atoms with Crippen LogP contribution in [0.1, 0.15) is 38.5 Å². The van der Waals surface area contributed by atoms with Crippen molar-refractivity contribution in [2.24, 2.45) is 0 Å². The normalized spacial score (nSPS) is 14.4. The lowest BCUT2D eigenvalue weighted by Gasteiger charge is -2.23. The van der Waals surface area contributed by atoms with Crippen molar-refractivity contribution in [1.82, 2.24) is 14.9 Å². The van der Waals surface area contributed by atoms with E-state index in [1.165, 1.54) is 17.1 Å². The molecule has 1 rings (SSSR count). The summed E-state index contributed by atoms with van der Waals surface area (Å²) in [7, 11) is 0. The van der Waals surface area contributed by atoms with E-state index in [9.17, 15) is 13.2 Å². The molecule has 0 aliphatic rings. The molecule has 0 amide bonds. The largest absolute Gasteiger partial charge is 0.409 e. The zero-order valence-corrected chi connectivity index (χ0v) is 9.54. The van der Waals surface area contributed by atoms with Crippen molar-refractivity contribution < 1.29 is 13.2 Å². The zero-order chi connectivity index (χ0) is 12.3. The molecule has 0 aromatic carbocycles. The molecule has 3 nitrogen and oxygen atoms in total. The molecule has 6 heteroatoms. The third-order valence-electron chi connectivity index (χ3n) is 2.28. The third-order valence-corrected chi connectivity index (χ3v) is 2.28. The number of imidazole rings is 1. The number of hydrogen-bond donors (Lipinski definition) is 1. The molecular weight excluding hydrogens is 219 g/mol. The van der Waals surface area contributed by atoms with Crippen molar-refractivity contribution in [3.8, 4) is 0 Å². The molecule has 1 N–H and O–H groups in total.